The Hall–Kier alpha value is -0.0800. The summed E-state index contributed by atoms with van der Waals surface area (Å²) in [5.74, 6) is 0. The van der Waals surface area contributed by atoms with Crippen molar-refractivity contribution in [2.75, 3.05) is 13.7 Å². The molecule has 0 aromatic carbocycles. The van der Waals surface area contributed by atoms with E-state index >= 15 is 0 Å². The summed E-state index contributed by atoms with van der Waals surface area (Å²) in [5.41, 5.74) is 0.456. The first-order valence-electron chi connectivity index (χ1n) is 4.99. The molecule has 0 aromatic rings. The topological polar surface area (TPSA) is 21.3 Å². The van der Waals surface area contributed by atoms with Crippen molar-refractivity contribution in [3.05, 3.63) is 0 Å². The number of rotatable bonds is 5. The summed E-state index contributed by atoms with van der Waals surface area (Å²) >= 11 is 0. The van der Waals surface area contributed by atoms with Gasteiger partial charge in [0.2, 0.25) is 0 Å². The molecule has 0 aromatic heterocycles. The first-order chi connectivity index (χ1) is 5.72. The number of nitrogens with one attached hydrogen (secondary N) is 1. The third-order valence-electron chi connectivity index (χ3n) is 2.96. The lowest BCUT2D eigenvalue weighted by Crippen LogP contribution is -2.54. The van der Waals surface area contributed by atoms with Gasteiger partial charge < -0.3 is 10.1 Å². The predicted molar refractivity (Wildman–Crippen MR) is 51.3 cm³/mol. The van der Waals surface area contributed by atoms with Crippen LogP contribution < -0.4 is 5.32 Å². The van der Waals surface area contributed by atoms with Crippen molar-refractivity contribution >= 4 is 0 Å². The number of ether oxygens (including phenoxy) is 1. The number of hydrogen-bond acceptors (Lipinski definition) is 2. The molecule has 1 aliphatic rings. The van der Waals surface area contributed by atoms with Gasteiger partial charge in [-0.3, -0.25) is 0 Å². The summed E-state index contributed by atoms with van der Waals surface area (Å²) in [5, 5.41) is 3.66. The molecule has 1 unspecified atom stereocenters. The van der Waals surface area contributed by atoms with Crippen LogP contribution >= 0.6 is 0 Å². The third kappa shape index (κ3) is 2.20. The summed E-state index contributed by atoms with van der Waals surface area (Å²) in [6, 6.07) is 0.496. The van der Waals surface area contributed by atoms with E-state index in [1.165, 1.54) is 25.7 Å². The summed E-state index contributed by atoms with van der Waals surface area (Å²) in [6.45, 7) is 5.28. The smallest absolute Gasteiger partial charge is 0.0613 e. The van der Waals surface area contributed by atoms with Gasteiger partial charge in [-0.25, -0.2) is 0 Å². The van der Waals surface area contributed by atoms with Gasteiger partial charge in [0.15, 0.2) is 0 Å². The van der Waals surface area contributed by atoms with Crippen LogP contribution in [0.5, 0.6) is 0 Å². The summed E-state index contributed by atoms with van der Waals surface area (Å²) < 4.78 is 5.10. The van der Waals surface area contributed by atoms with Crippen molar-refractivity contribution in [2.45, 2.75) is 51.1 Å². The molecule has 72 valence electrons. The quantitative estimate of drug-likeness (QED) is 0.682. The Morgan fingerprint density at radius 1 is 1.50 bits per heavy atom. The molecule has 0 bridgehead atoms. The molecule has 0 radical (unpaired) electrons. The average Bonchev–Trinajstić information content (AvgIpc) is 1.97. The summed E-state index contributed by atoms with van der Waals surface area (Å²) in [6.07, 6.45) is 5.33. The molecule has 0 heterocycles. The lowest BCUT2D eigenvalue weighted by atomic mass is 9.74. The first kappa shape index (κ1) is 10.0. The van der Waals surface area contributed by atoms with Crippen LogP contribution in [-0.4, -0.2) is 25.3 Å². The minimum absolute atomic E-state index is 0.456. The fraction of sp³-hybridized carbons (Fsp3) is 1.00. The first-order valence-corrected chi connectivity index (χ1v) is 4.99. The van der Waals surface area contributed by atoms with Crippen molar-refractivity contribution < 1.29 is 4.74 Å². The molecule has 1 atom stereocenters. The Morgan fingerprint density at radius 3 is 2.50 bits per heavy atom. The van der Waals surface area contributed by atoms with E-state index in [1.807, 2.05) is 0 Å². The zero-order chi connectivity index (χ0) is 9.03. The molecular weight excluding hydrogens is 150 g/mol. The molecule has 0 spiro atoms. The maximum atomic E-state index is 5.10. The second-order valence-corrected chi connectivity index (χ2v) is 3.99. The second kappa shape index (κ2) is 4.24. The van der Waals surface area contributed by atoms with E-state index in [-0.39, 0.29) is 0 Å². The van der Waals surface area contributed by atoms with Crippen LogP contribution in [0.25, 0.3) is 0 Å². The van der Waals surface area contributed by atoms with E-state index in [0.717, 1.165) is 6.61 Å². The van der Waals surface area contributed by atoms with Crippen LogP contribution in [0.3, 0.4) is 0 Å². The van der Waals surface area contributed by atoms with Crippen LogP contribution in [0, 0.1) is 0 Å². The van der Waals surface area contributed by atoms with Gasteiger partial charge in [-0.05, 0) is 32.6 Å². The Kier molecular flexibility index (Phi) is 3.53. The van der Waals surface area contributed by atoms with Crippen LogP contribution in [0.1, 0.15) is 39.5 Å². The number of methoxy groups -OCH3 is 1. The molecule has 1 saturated carbocycles. The van der Waals surface area contributed by atoms with Crippen LogP contribution in [0.4, 0.5) is 0 Å². The van der Waals surface area contributed by atoms with Gasteiger partial charge in [0, 0.05) is 18.7 Å². The zero-order valence-electron chi connectivity index (χ0n) is 8.52. The predicted octanol–water partition coefficient (Wildman–Crippen LogP) is 1.94. The highest BCUT2D eigenvalue weighted by atomic mass is 16.5. The van der Waals surface area contributed by atoms with Crippen molar-refractivity contribution in [3.63, 3.8) is 0 Å². The standard InChI is InChI=1S/C10H21NO/c1-4-10(6-5-7-10)11-9(2)8-12-3/h9,11H,4-8H2,1-3H3. The van der Waals surface area contributed by atoms with Crippen LogP contribution in [-0.2, 0) is 4.74 Å². The van der Waals surface area contributed by atoms with Crippen molar-refractivity contribution in [3.8, 4) is 0 Å². The van der Waals surface area contributed by atoms with E-state index in [0.29, 0.717) is 11.6 Å². The van der Waals surface area contributed by atoms with Gasteiger partial charge in [0.05, 0.1) is 6.61 Å². The van der Waals surface area contributed by atoms with Gasteiger partial charge in [0.25, 0.3) is 0 Å². The van der Waals surface area contributed by atoms with Crippen LogP contribution in [0.15, 0.2) is 0 Å². The lowest BCUT2D eigenvalue weighted by molar-refractivity contribution is 0.111. The average molecular weight is 171 g/mol. The van der Waals surface area contributed by atoms with Crippen LogP contribution in [0.2, 0.25) is 0 Å². The highest BCUT2D eigenvalue weighted by Gasteiger charge is 2.35. The SMILES string of the molecule is CCC1(NC(C)COC)CCC1. The summed E-state index contributed by atoms with van der Waals surface area (Å²) in [4.78, 5) is 0. The lowest BCUT2D eigenvalue weighted by Gasteiger charge is -2.44. The minimum atomic E-state index is 0.456. The van der Waals surface area contributed by atoms with E-state index in [2.05, 4.69) is 19.2 Å². The Balaban J connectivity index is 2.27. The van der Waals surface area contributed by atoms with Gasteiger partial charge in [0.1, 0.15) is 0 Å². The Morgan fingerprint density at radius 2 is 2.17 bits per heavy atom. The van der Waals surface area contributed by atoms with Gasteiger partial charge >= 0.3 is 0 Å². The highest BCUT2D eigenvalue weighted by Crippen LogP contribution is 2.34. The Labute approximate surface area is 75.7 Å². The molecule has 1 N–H and O–H groups in total. The normalized spacial score (nSPS) is 23.2. The second-order valence-electron chi connectivity index (χ2n) is 3.99. The van der Waals surface area contributed by atoms with E-state index in [9.17, 15) is 0 Å². The molecule has 2 heteroatoms. The monoisotopic (exact) mass is 171 g/mol. The molecule has 1 rings (SSSR count). The van der Waals surface area contributed by atoms with Gasteiger partial charge in [-0.15, -0.1) is 0 Å². The van der Waals surface area contributed by atoms with Crippen molar-refractivity contribution in [1.29, 1.82) is 0 Å². The minimum Gasteiger partial charge on any atom is -0.383 e. The molecule has 1 fully saturated rings. The van der Waals surface area contributed by atoms with E-state index in [4.69, 9.17) is 4.74 Å². The van der Waals surface area contributed by atoms with Crippen molar-refractivity contribution in [1.82, 2.24) is 5.32 Å². The zero-order valence-corrected chi connectivity index (χ0v) is 8.52. The maximum absolute atomic E-state index is 5.10. The van der Waals surface area contributed by atoms with E-state index in [1.54, 1.807) is 7.11 Å². The van der Waals surface area contributed by atoms with Crippen molar-refractivity contribution in [2.24, 2.45) is 0 Å². The Bertz CT molecular complexity index is 126. The van der Waals surface area contributed by atoms with Gasteiger partial charge in [-0.2, -0.15) is 0 Å². The molecule has 0 saturated heterocycles. The fourth-order valence-electron chi connectivity index (χ4n) is 2.02. The third-order valence-corrected chi connectivity index (χ3v) is 2.96. The molecule has 2 nitrogen and oxygen atoms in total. The number of hydrogen-bond donors (Lipinski definition) is 1. The molecule has 0 aliphatic heterocycles. The molecule has 1 aliphatic carbocycles. The molecule has 0 amide bonds. The summed E-state index contributed by atoms with van der Waals surface area (Å²) in [7, 11) is 1.76. The largest absolute Gasteiger partial charge is 0.383 e. The van der Waals surface area contributed by atoms with E-state index < -0.39 is 0 Å². The maximum Gasteiger partial charge on any atom is 0.0613 e. The molecule has 12 heavy (non-hydrogen) atoms. The molecular formula is C10H21NO. The fourth-order valence-corrected chi connectivity index (χ4v) is 2.02. The highest BCUT2D eigenvalue weighted by molar-refractivity contribution is 4.95. The van der Waals surface area contributed by atoms with Gasteiger partial charge in [-0.1, -0.05) is 6.92 Å².